The standard InChI is InChI=1S/C6H11NO/c1-7-3-2-6-5(7)4-8-6/h5-6H,2-4H2,1H3. The Bertz CT molecular complexity index is 98.7. The van der Waals surface area contributed by atoms with E-state index in [0.717, 1.165) is 12.6 Å². The predicted octanol–water partition coefficient (Wildman–Crippen LogP) is 0.0893. The smallest absolute Gasteiger partial charge is 0.0765 e. The van der Waals surface area contributed by atoms with Crippen LogP contribution in [0.2, 0.25) is 0 Å². The Hall–Kier alpha value is -0.0800. The van der Waals surface area contributed by atoms with Crippen LogP contribution in [0, 0.1) is 0 Å². The van der Waals surface area contributed by atoms with Gasteiger partial charge in [0, 0.05) is 6.54 Å². The van der Waals surface area contributed by atoms with Crippen molar-refractivity contribution in [3.8, 4) is 0 Å². The number of hydrogen-bond donors (Lipinski definition) is 0. The molecule has 0 amide bonds. The van der Waals surface area contributed by atoms with Gasteiger partial charge in [0.1, 0.15) is 0 Å². The summed E-state index contributed by atoms with van der Waals surface area (Å²) in [5.41, 5.74) is 0. The molecule has 0 radical (unpaired) electrons. The zero-order valence-electron chi connectivity index (χ0n) is 5.13. The number of likely N-dealkylation sites (N-methyl/N-ethyl adjacent to an activating group) is 1. The minimum absolute atomic E-state index is 0.597. The van der Waals surface area contributed by atoms with E-state index in [0.29, 0.717) is 6.10 Å². The number of fused-ring (bicyclic) bond motifs is 1. The molecule has 46 valence electrons. The predicted molar refractivity (Wildman–Crippen MR) is 30.8 cm³/mol. The Labute approximate surface area is 49.4 Å². The molecule has 2 saturated heterocycles. The number of ether oxygens (including phenoxy) is 1. The van der Waals surface area contributed by atoms with Crippen LogP contribution in [0.1, 0.15) is 6.42 Å². The van der Waals surface area contributed by atoms with Crippen LogP contribution in [0.3, 0.4) is 0 Å². The summed E-state index contributed by atoms with van der Waals surface area (Å²) in [6, 6.07) is 0.773. The maximum atomic E-state index is 5.28. The van der Waals surface area contributed by atoms with Gasteiger partial charge in [0.2, 0.25) is 0 Å². The molecule has 0 saturated carbocycles. The summed E-state index contributed by atoms with van der Waals surface area (Å²) in [7, 11) is 2.17. The van der Waals surface area contributed by atoms with E-state index in [-0.39, 0.29) is 0 Å². The van der Waals surface area contributed by atoms with Crippen molar-refractivity contribution in [2.45, 2.75) is 18.6 Å². The zero-order valence-corrected chi connectivity index (χ0v) is 5.13. The van der Waals surface area contributed by atoms with E-state index in [1.54, 1.807) is 0 Å². The van der Waals surface area contributed by atoms with E-state index < -0.39 is 0 Å². The fraction of sp³-hybridized carbons (Fsp3) is 1.00. The fourth-order valence-corrected chi connectivity index (χ4v) is 1.50. The molecule has 2 atom stereocenters. The molecular weight excluding hydrogens is 102 g/mol. The van der Waals surface area contributed by atoms with Gasteiger partial charge in [-0.25, -0.2) is 0 Å². The summed E-state index contributed by atoms with van der Waals surface area (Å²) in [4.78, 5) is 2.38. The first kappa shape index (κ1) is 4.77. The van der Waals surface area contributed by atoms with Gasteiger partial charge in [-0.2, -0.15) is 0 Å². The molecule has 0 N–H and O–H groups in total. The van der Waals surface area contributed by atoms with Crippen LogP contribution < -0.4 is 0 Å². The maximum absolute atomic E-state index is 5.28. The van der Waals surface area contributed by atoms with Crippen LogP contribution in [0.4, 0.5) is 0 Å². The fourth-order valence-electron chi connectivity index (χ4n) is 1.50. The van der Waals surface area contributed by atoms with Gasteiger partial charge in [0.25, 0.3) is 0 Å². The highest BCUT2D eigenvalue weighted by Gasteiger charge is 2.39. The van der Waals surface area contributed by atoms with Gasteiger partial charge in [0.05, 0.1) is 18.8 Å². The molecule has 0 aromatic rings. The summed E-state index contributed by atoms with van der Waals surface area (Å²) in [6.45, 7) is 2.20. The summed E-state index contributed by atoms with van der Waals surface area (Å²) < 4.78 is 5.28. The third-order valence-corrected chi connectivity index (χ3v) is 2.24. The minimum Gasteiger partial charge on any atom is -0.375 e. The molecule has 8 heavy (non-hydrogen) atoms. The van der Waals surface area contributed by atoms with Crippen LogP contribution in [-0.2, 0) is 4.74 Å². The average Bonchev–Trinajstić information content (AvgIpc) is 1.80. The molecule has 0 aliphatic carbocycles. The SMILES string of the molecule is CN1CCC2OCC21. The Morgan fingerprint density at radius 1 is 1.62 bits per heavy atom. The second-order valence-corrected chi connectivity index (χ2v) is 2.71. The highest BCUT2D eigenvalue weighted by atomic mass is 16.5. The highest BCUT2D eigenvalue weighted by Crippen LogP contribution is 2.27. The van der Waals surface area contributed by atoms with Gasteiger partial charge in [0.15, 0.2) is 0 Å². The first-order valence-electron chi connectivity index (χ1n) is 3.20. The van der Waals surface area contributed by atoms with E-state index in [4.69, 9.17) is 4.74 Å². The summed E-state index contributed by atoms with van der Waals surface area (Å²) in [5.74, 6) is 0. The third kappa shape index (κ3) is 0.446. The van der Waals surface area contributed by atoms with E-state index in [1.165, 1.54) is 13.0 Å². The van der Waals surface area contributed by atoms with E-state index in [9.17, 15) is 0 Å². The van der Waals surface area contributed by atoms with Crippen molar-refractivity contribution < 1.29 is 4.74 Å². The van der Waals surface area contributed by atoms with Crippen molar-refractivity contribution in [2.24, 2.45) is 0 Å². The number of likely N-dealkylation sites (tertiary alicyclic amines) is 1. The van der Waals surface area contributed by atoms with Gasteiger partial charge in [-0.15, -0.1) is 0 Å². The van der Waals surface area contributed by atoms with Crippen LogP contribution in [0.15, 0.2) is 0 Å². The van der Waals surface area contributed by atoms with Gasteiger partial charge < -0.3 is 4.74 Å². The lowest BCUT2D eigenvalue weighted by Crippen LogP contribution is -2.47. The summed E-state index contributed by atoms with van der Waals surface area (Å²) in [6.07, 6.45) is 1.85. The molecule has 2 nitrogen and oxygen atoms in total. The maximum Gasteiger partial charge on any atom is 0.0765 e. The third-order valence-electron chi connectivity index (χ3n) is 2.24. The molecule has 2 aliphatic heterocycles. The molecule has 0 aromatic heterocycles. The van der Waals surface area contributed by atoms with E-state index in [1.807, 2.05) is 0 Å². The van der Waals surface area contributed by atoms with Crippen LogP contribution in [0.5, 0.6) is 0 Å². The lowest BCUT2D eigenvalue weighted by Gasteiger charge is -2.34. The summed E-state index contributed by atoms with van der Waals surface area (Å²) >= 11 is 0. The van der Waals surface area contributed by atoms with Gasteiger partial charge in [-0.05, 0) is 13.5 Å². The van der Waals surface area contributed by atoms with Gasteiger partial charge >= 0.3 is 0 Å². The van der Waals surface area contributed by atoms with Gasteiger partial charge in [-0.1, -0.05) is 0 Å². The van der Waals surface area contributed by atoms with Crippen molar-refractivity contribution >= 4 is 0 Å². The largest absolute Gasteiger partial charge is 0.375 e. The van der Waals surface area contributed by atoms with Crippen LogP contribution >= 0.6 is 0 Å². The topological polar surface area (TPSA) is 12.5 Å². The highest BCUT2D eigenvalue weighted by molar-refractivity contribution is 4.92. The summed E-state index contributed by atoms with van der Waals surface area (Å²) in [5, 5.41) is 0. The lowest BCUT2D eigenvalue weighted by molar-refractivity contribution is -0.0894. The first-order valence-corrected chi connectivity index (χ1v) is 3.20. The molecule has 0 aromatic carbocycles. The van der Waals surface area contributed by atoms with Gasteiger partial charge in [-0.3, -0.25) is 4.90 Å². The number of nitrogens with zero attached hydrogens (tertiary/aromatic N) is 1. The van der Waals surface area contributed by atoms with E-state index >= 15 is 0 Å². The normalized spacial score (nSPS) is 46.1. The molecule has 2 rings (SSSR count). The van der Waals surface area contributed by atoms with Crippen molar-refractivity contribution in [1.29, 1.82) is 0 Å². The monoisotopic (exact) mass is 113 g/mol. The molecule has 0 spiro atoms. The average molecular weight is 113 g/mol. The van der Waals surface area contributed by atoms with Crippen LogP contribution in [0.25, 0.3) is 0 Å². The Balaban J connectivity index is 2.05. The molecule has 2 fully saturated rings. The van der Waals surface area contributed by atoms with Crippen molar-refractivity contribution in [1.82, 2.24) is 4.90 Å². The second kappa shape index (κ2) is 1.45. The minimum atomic E-state index is 0.597. The number of rotatable bonds is 0. The molecule has 2 unspecified atom stereocenters. The van der Waals surface area contributed by atoms with Crippen LogP contribution in [-0.4, -0.2) is 37.2 Å². The molecule has 2 heteroatoms. The quantitative estimate of drug-likeness (QED) is 0.441. The molecule has 0 bridgehead atoms. The molecule has 2 heterocycles. The molecule has 2 aliphatic rings. The lowest BCUT2D eigenvalue weighted by atomic mass is 10.1. The van der Waals surface area contributed by atoms with Crippen molar-refractivity contribution in [2.75, 3.05) is 20.2 Å². The van der Waals surface area contributed by atoms with Crippen molar-refractivity contribution in [3.05, 3.63) is 0 Å². The van der Waals surface area contributed by atoms with E-state index in [2.05, 4.69) is 11.9 Å². The Morgan fingerprint density at radius 2 is 2.50 bits per heavy atom. The first-order chi connectivity index (χ1) is 3.88. The Morgan fingerprint density at radius 3 is 2.75 bits per heavy atom. The number of hydrogen-bond acceptors (Lipinski definition) is 2. The Kier molecular flexibility index (Phi) is 0.866. The van der Waals surface area contributed by atoms with Crippen molar-refractivity contribution in [3.63, 3.8) is 0 Å². The zero-order chi connectivity index (χ0) is 5.56. The second-order valence-electron chi connectivity index (χ2n) is 2.71. The molecular formula is C6H11NO.